The van der Waals surface area contributed by atoms with E-state index in [1.165, 1.54) is 6.07 Å². The summed E-state index contributed by atoms with van der Waals surface area (Å²) in [5.74, 6) is -0.975. The minimum absolute atomic E-state index is 0.0395. The van der Waals surface area contributed by atoms with Crippen molar-refractivity contribution in [1.29, 1.82) is 0 Å². The van der Waals surface area contributed by atoms with Crippen LogP contribution in [0.1, 0.15) is 17.2 Å². The molecule has 4 N–H and O–H groups in total. The molecule has 1 unspecified atom stereocenters. The Kier molecular flexibility index (Phi) is 3.31. The van der Waals surface area contributed by atoms with Crippen molar-refractivity contribution in [3.8, 4) is 0 Å². The Labute approximate surface area is 83.9 Å². The van der Waals surface area contributed by atoms with Crippen molar-refractivity contribution < 1.29 is 17.6 Å². The van der Waals surface area contributed by atoms with E-state index in [1.807, 2.05) is 0 Å². The lowest BCUT2D eigenvalue weighted by atomic mass is 10.0. The molecule has 84 valence electrons. The van der Waals surface area contributed by atoms with E-state index in [0.29, 0.717) is 5.56 Å². The highest BCUT2D eigenvalue weighted by molar-refractivity contribution is 5.28. The summed E-state index contributed by atoms with van der Waals surface area (Å²) in [5.41, 5.74) is 9.95. The first-order chi connectivity index (χ1) is 6.86. The first-order valence-corrected chi connectivity index (χ1v) is 4.17. The largest absolute Gasteiger partial charge is 0.407 e. The van der Waals surface area contributed by atoms with Crippen LogP contribution in [0.2, 0.25) is 0 Å². The summed E-state index contributed by atoms with van der Waals surface area (Å²) in [4.78, 5) is 0. The van der Waals surface area contributed by atoms with Gasteiger partial charge in [-0.1, -0.05) is 6.07 Å². The zero-order chi connectivity index (χ0) is 11.6. The standard InChI is InChI=1S/C9H10F4N2/c10-7-2-1-5(4-14)3-6(7)8(15)9(11,12)13/h1-3,8H,4,14-15H2. The Morgan fingerprint density at radius 2 is 1.87 bits per heavy atom. The average molecular weight is 222 g/mol. The van der Waals surface area contributed by atoms with Crippen molar-refractivity contribution >= 4 is 0 Å². The van der Waals surface area contributed by atoms with E-state index in [2.05, 4.69) is 0 Å². The lowest BCUT2D eigenvalue weighted by molar-refractivity contribution is -0.149. The van der Waals surface area contributed by atoms with Crippen molar-refractivity contribution in [3.63, 3.8) is 0 Å². The van der Waals surface area contributed by atoms with Gasteiger partial charge in [0.05, 0.1) is 0 Å². The predicted octanol–water partition coefficient (Wildman–Crippen LogP) is 1.85. The molecule has 1 atom stereocenters. The van der Waals surface area contributed by atoms with Gasteiger partial charge in [0.25, 0.3) is 0 Å². The first kappa shape index (κ1) is 11.9. The summed E-state index contributed by atoms with van der Waals surface area (Å²) in [5, 5.41) is 0. The second kappa shape index (κ2) is 4.16. The molecule has 0 aliphatic heterocycles. The summed E-state index contributed by atoms with van der Waals surface area (Å²) in [6, 6.07) is 0.974. The molecule has 0 heterocycles. The van der Waals surface area contributed by atoms with Gasteiger partial charge in [-0.3, -0.25) is 0 Å². The normalized spacial score (nSPS) is 14.0. The third-order valence-electron chi connectivity index (χ3n) is 1.98. The van der Waals surface area contributed by atoms with E-state index >= 15 is 0 Å². The predicted molar refractivity (Wildman–Crippen MR) is 47.3 cm³/mol. The molecule has 0 saturated carbocycles. The zero-order valence-electron chi connectivity index (χ0n) is 7.68. The van der Waals surface area contributed by atoms with Gasteiger partial charge in [-0.2, -0.15) is 13.2 Å². The molecule has 0 aliphatic carbocycles. The summed E-state index contributed by atoms with van der Waals surface area (Å²) in [6.07, 6.45) is -4.66. The maximum absolute atomic E-state index is 13.1. The lowest BCUT2D eigenvalue weighted by Crippen LogP contribution is -2.29. The third kappa shape index (κ3) is 2.66. The monoisotopic (exact) mass is 222 g/mol. The fourth-order valence-electron chi connectivity index (χ4n) is 1.13. The van der Waals surface area contributed by atoms with Gasteiger partial charge < -0.3 is 11.5 Å². The Morgan fingerprint density at radius 3 is 2.33 bits per heavy atom. The van der Waals surface area contributed by atoms with Crippen LogP contribution in [0, 0.1) is 5.82 Å². The molecule has 0 spiro atoms. The van der Waals surface area contributed by atoms with Crippen LogP contribution in [0.15, 0.2) is 18.2 Å². The Hall–Kier alpha value is -1.14. The average Bonchev–Trinajstić information content (AvgIpc) is 2.16. The van der Waals surface area contributed by atoms with E-state index in [0.717, 1.165) is 12.1 Å². The maximum Gasteiger partial charge on any atom is 0.407 e. The molecule has 0 radical (unpaired) electrons. The summed E-state index contributed by atoms with van der Waals surface area (Å²) in [7, 11) is 0. The summed E-state index contributed by atoms with van der Waals surface area (Å²) >= 11 is 0. The molecule has 0 saturated heterocycles. The number of rotatable bonds is 2. The molecule has 2 nitrogen and oxygen atoms in total. The van der Waals surface area contributed by atoms with Crippen molar-refractivity contribution in [2.45, 2.75) is 18.8 Å². The molecular weight excluding hydrogens is 212 g/mol. The van der Waals surface area contributed by atoms with Gasteiger partial charge in [-0.05, 0) is 17.7 Å². The summed E-state index contributed by atoms with van der Waals surface area (Å²) in [6.45, 7) is 0.0395. The quantitative estimate of drug-likeness (QED) is 0.750. The van der Waals surface area contributed by atoms with Crippen molar-refractivity contribution in [3.05, 3.63) is 35.1 Å². The Morgan fingerprint density at radius 1 is 1.27 bits per heavy atom. The molecule has 0 aliphatic rings. The molecule has 1 rings (SSSR count). The second-order valence-corrected chi connectivity index (χ2v) is 3.08. The number of alkyl halides is 3. The van der Waals surface area contributed by atoms with Crippen molar-refractivity contribution in [2.75, 3.05) is 0 Å². The lowest BCUT2D eigenvalue weighted by Gasteiger charge is -2.17. The number of halogens is 4. The minimum Gasteiger partial charge on any atom is -0.326 e. The van der Waals surface area contributed by atoms with Crippen LogP contribution in [-0.2, 0) is 6.54 Å². The number of hydrogen-bond acceptors (Lipinski definition) is 2. The highest BCUT2D eigenvalue weighted by atomic mass is 19.4. The van der Waals surface area contributed by atoms with Crippen LogP contribution in [0.3, 0.4) is 0 Å². The van der Waals surface area contributed by atoms with Crippen LogP contribution in [-0.4, -0.2) is 6.18 Å². The van der Waals surface area contributed by atoms with Gasteiger partial charge in [-0.15, -0.1) is 0 Å². The van der Waals surface area contributed by atoms with Gasteiger partial charge in [0.2, 0.25) is 0 Å². The van der Waals surface area contributed by atoms with Gasteiger partial charge in [0.15, 0.2) is 0 Å². The Balaban J connectivity index is 3.12. The molecule has 1 aromatic carbocycles. The number of hydrogen-bond donors (Lipinski definition) is 2. The molecule has 0 fully saturated rings. The van der Waals surface area contributed by atoms with E-state index in [1.54, 1.807) is 0 Å². The maximum atomic E-state index is 13.1. The van der Waals surface area contributed by atoms with Crippen LogP contribution < -0.4 is 11.5 Å². The first-order valence-electron chi connectivity index (χ1n) is 4.17. The van der Waals surface area contributed by atoms with Crippen molar-refractivity contribution in [1.82, 2.24) is 0 Å². The molecule has 15 heavy (non-hydrogen) atoms. The van der Waals surface area contributed by atoms with Crippen LogP contribution >= 0.6 is 0 Å². The molecule has 0 aromatic heterocycles. The van der Waals surface area contributed by atoms with Crippen LogP contribution in [0.4, 0.5) is 17.6 Å². The van der Waals surface area contributed by atoms with Crippen LogP contribution in [0.25, 0.3) is 0 Å². The van der Waals surface area contributed by atoms with E-state index in [4.69, 9.17) is 11.5 Å². The van der Waals surface area contributed by atoms with Crippen molar-refractivity contribution in [2.24, 2.45) is 11.5 Å². The highest BCUT2D eigenvalue weighted by Crippen LogP contribution is 2.32. The topological polar surface area (TPSA) is 52.0 Å². The molecule has 1 aromatic rings. The third-order valence-corrected chi connectivity index (χ3v) is 1.98. The molecule has 6 heteroatoms. The molecule has 0 bridgehead atoms. The van der Waals surface area contributed by atoms with Gasteiger partial charge in [0.1, 0.15) is 11.9 Å². The summed E-state index contributed by atoms with van der Waals surface area (Å²) < 4.78 is 49.7. The van der Waals surface area contributed by atoms with Crippen LogP contribution in [0.5, 0.6) is 0 Å². The van der Waals surface area contributed by atoms with Gasteiger partial charge in [-0.25, -0.2) is 4.39 Å². The Bertz CT molecular complexity index is 348. The molecular formula is C9H10F4N2. The fraction of sp³-hybridized carbons (Fsp3) is 0.333. The number of nitrogens with two attached hydrogens (primary N) is 2. The smallest absolute Gasteiger partial charge is 0.326 e. The minimum atomic E-state index is -4.66. The van der Waals surface area contributed by atoms with E-state index < -0.39 is 23.6 Å². The zero-order valence-corrected chi connectivity index (χ0v) is 7.68. The molecule has 0 amide bonds. The SMILES string of the molecule is NCc1ccc(F)c(C(N)C(F)(F)F)c1. The fourth-order valence-corrected chi connectivity index (χ4v) is 1.13. The van der Waals surface area contributed by atoms with E-state index in [-0.39, 0.29) is 6.54 Å². The highest BCUT2D eigenvalue weighted by Gasteiger charge is 2.39. The van der Waals surface area contributed by atoms with E-state index in [9.17, 15) is 17.6 Å². The van der Waals surface area contributed by atoms with Gasteiger partial charge in [0, 0.05) is 12.1 Å². The second-order valence-electron chi connectivity index (χ2n) is 3.08. The number of benzene rings is 1. The van der Waals surface area contributed by atoms with Gasteiger partial charge >= 0.3 is 6.18 Å².